The first-order chi connectivity index (χ1) is 9.92. The number of nitrogens with zero attached hydrogens (tertiary/aromatic N) is 1. The van der Waals surface area contributed by atoms with Crippen molar-refractivity contribution in [2.75, 3.05) is 7.05 Å². The molecule has 0 aromatic heterocycles. The summed E-state index contributed by atoms with van der Waals surface area (Å²) in [6.45, 7) is 6.17. The largest absolute Gasteiger partial charge is 0.444 e. The molecule has 4 nitrogen and oxygen atoms in total. The van der Waals surface area contributed by atoms with Crippen LogP contribution in [0.1, 0.15) is 33.3 Å². The van der Waals surface area contributed by atoms with Crippen molar-refractivity contribution < 1.29 is 27.5 Å². The number of hydrogen-bond donors (Lipinski definition) is 0. The number of aldehydes is 1. The number of benzene rings is 1. The van der Waals surface area contributed by atoms with Gasteiger partial charge in [0.2, 0.25) is 0 Å². The maximum atomic E-state index is 13.4. The average Bonchev–Trinajstić information content (AvgIpc) is 2.40. The lowest BCUT2D eigenvalue weighted by molar-refractivity contribution is -0.117. The molecular weight excluding hydrogens is 299 g/mol. The fourth-order valence-corrected chi connectivity index (χ4v) is 1.71. The molecule has 0 N–H and O–H groups in total. The number of carbonyl (C=O) groups is 2. The van der Waals surface area contributed by atoms with Gasteiger partial charge in [-0.2, -0.15) is 0 Å². The predicted octanol–water partition coefficient (Wildman–Crippen LogP) is 3.38. The van der Waals surface area contributed by atoms with E-state index >= 15 is 0 Å². The molecule has 0 aliphatic heterocycles. The summed E-state index contributed by atoms with van der Waals surface area (Å²) in [4.78, 5) is 24.4. The molecule has 0 heterocycles. The van der Waals surface area contributed by atoms with Gasteiger partial charge in [-0.3, -0.25) is 4.90 Å². The number of carbonyl (C=O) groups excluding carboxylic acids is 2. The van der Waals surface area contributed by atoms with Gasteiger partial charge in [0, 0.05) is 7.05 Å². The minimum Gasteiger partial charge on any atom is -0.444 e. The van der Waals surface area contributed by atoms with Gasteiger partial charge in [-0.15, -0.1) is 0 Å². The predicted molar refractivity (Wildman–Crippen MR) is 73.7 cm³/mol. The highest BCUT2D eigenvalue weighted by molar-refractivity contribution is 5.77. The zero-order valence-electron chi connectivity index (χ0n) is 13.0. The monoisotopic (exact) mass is 317 g/mol. The lowest BCUT2D eigenvalue weighted by Gasteiger charge is -2.35. The number of rotatable bonds is 3. The van der Waals surface area contributed by atoms with Crippen LogP contribution in [0, 0.1) is 17.5 Å². The first kappa shape index (κ1) is 18.0. The second kappa shape index (κ2) is 5.98. The lowest BCUT2D eigenvalue weighted by Crippen LogP contribution is -2.48. The van der Waals surface area contributed by atoms with Gasteiger partial charge in [0.1, 0.15) is 17.4 Å². The topological polar surface area (TPSA) is 46.6 Å². The summed E-state index contributed by atoms with van der Waals surface area (Å²) < 4.78 is 44.9. The molecule has 0 aliphatic carbocycles. The minimum atomic E-state index is -1.71. The highest BCUT2D eigenvalue weighted by Gasteiger charge is 2.38. The molecule has 1 amide bonds. The van der Waals surface area contributed by atoms with Gasteiger partial charge >= 0.3 is 6.09 Å². The average molecular weight is 317 g/mol. The molecule has 0 bridgehead atoms. The second-order valence-corrected chi connectivity index (χ2v) is 6.06. The van der Waals surface area contributed by atoms with Crippen LogP contribution in [0.15, 0.2) is 12.1 Å². The standard InChI is InChI=1S/C15H18F3NO3/c1-14(2,3)22-13(21)19(5)15(4,8-20)9-6-10(16)12(18)11(17)7-9/h6-8H,1-5H3. The quantitative estimate of drug-likeness (QED) is 0.634. The second-order valence-electron chi connectivity index (χ2n) is 6.06. The molecule has 1 aromatic rings. The summed E-state index contributed by atoms with van der Waals surface area (Å²) in [5.74, 6) is -4.53. The summed E-state index contributed by atoms with van der Waals surface area (Å²) in [5.41, 5.74) is -2.72. The van der Waals surface area contributed by atoms with E-state index in [1.165, 1.54) is 14.0 Å². The number of halogens is 3. The number of ether oxygens (including phenoxy) is 1. The van der Waals surface area contributed by atoms with Crippen LogP contribution < -0.4 is 0 Å². The molecule has 1 atom stereocenters. The van der Waals surface area contributed by atoms with Crippen LogP contribution in [0.3, 0.4) is 0 Å². The van der Waals surface area contributed by atoms with E-state index in [9.17, 15) is 22.8 Å². The zero-order chi connectivity index (χ0) is 17.3. The number of hydrogen-bond acceptors (Lipinski definition) is 3. The van der Waals surface area contributed by atoms with Crippen LogP contribution in [0.25, 0.3) is 0 Å². The molecule has 22 heavy (non-hydrogen) atoms. The summed E-state index contributed by atoms with van der Waals surface area (Å²) >= 11 is 0. The van der Waals surface area contributed by atoms with Crippen LogP contribution in [-0.4, -0.2) is 29.9 Å². The summed E-state index contributed by atoms with van der Waals surface area (Å²) in [7, 11) is 1.25. The first-order valence-electron chi connectivity index (χ1n) is 6.50. The van der Waals surface area contributed by atoms with Gasteiger partial charge in [-0.25, -0.2) is 18.0 Å². The fourth-order valence-electron chi connectivity index (χ4n) is 1.71. The van der Waals surface area contributed by atoms with E-state index < -0.39 is 34.7 Å². The van der Waals surface area contributed by atoms with E-state index in [2.05, 4.69) is 0 Å². The first-order valence-corrected chi connectivity index (χ1v) is 6.50. The van der Waals surface area contributed by atoms with Crippen molar-refractivity contribution in [3.05, 3.63) is 35.1 Å². The summed E-state index contributed by atoms with van der Waals surface area (Å²) in [5, 5.41) is 0. The van der Waals surface area contributed by atoms with Crippen LogP contribution in [-0.2, 0) is 15.1 Å². The summed E-state index contributed by atoms with van der Waals surface area (Å²) in [6.07, 6.45) is -0.518. The third-order valence-electron chi connectivity index (χ3n) is 3.16. The van der Waals surface area contributed by atoms with Crippen LogP contribution in [0.2, 0.25) is 0 Å². The van der Waals surface area contributed by atoms with E-state index in [1.807, 2.05) is 0 Å². The molecule has 122 valence electrons. The smallest absolute Gasteiger partial charge is 0.411 e. The van der Waals surface area contributed by atoms with Gasteiger partial charge in [0.15, 0.2) is 17.5 Å². The Morgan fingerprint density at radius 3 is 1.95 bits per heavy atom. The molecule has 0 saturated carbocycles. The molecule has 0 spiro atoms. The molecular formula is C15H18F3NO3. The zero-order valence-corrected chi connectivity index (χ0v) is 13.0. The van der Waals surface area contributed by atoms with Gasteiger partial charge in [0.25, 0.3) is 0 Å². The van der Waals surface area contributed by atoms with E-state index in [4.69, 9.17) is 4.74 Å². The van der Waals surface area contributed by atoms with E-state index in [1.54, 1.807) is 20.8 Å². The van der Waals surface area contributed by atoms with Gasteiger partial charge < -0.3 is 9.53 Å². The van der Waals surface area contributed by atoms with Gasteiger partial charge in [-0.1, -0.05) is 0 Å². The Kier molecular flexibility index (Phi) is 4.89. The third kappa shape index (κ3) is 3.58. The Morgan fingerprint density at radius 1 is 1.14 bits per heavy atom. The van der Waals surface area contributed by atoms with E-state index in [0.29, 0.717) is 18.4 Å². The maximum Gasteiger partial charge on any atom is 0.411 e. The Balaban J connectivity index is 3.26. The van der Waals surface area contributed by atoms with Crippen molar-refractivity contribution in [1.82, 2.24) is 4.90 Å². The maximum absolute atomic E-state index is 13.4. The molecule has 1 aromatic carbocycles. The van der Waals surface area contributed by atoms with Crippen LogP contribution in [0.5, 0.6) is 0 Å². The Morgan fingerprint density at radius 2 is 1.59 bits per heavy atom. The normalized spacial score (nSPS) is 14.2. The molecule has 1 rings (SSSR count). The van der Waals surface area contributed by atoms with Crippen molar-refractivity contribution in [2.45, 2.75) is 38.8 Å². The van der Waals surface area contributed by atoms with Gasteiger partial charge in [0.05, 0.1) is 0 Å². The third-order valence-corrected chi connectivity index (χ3v) is 3.16. The molecule has 0 fully saturated rings. The van der Waals surface area contributed by atoms with Crippen molar-refractivity contribution in [3.63, 3.8) is 0 Å². The van der Waals surface area contributed by atoms with Crippen LogP contribution >= 0.6 is 0 Å². The SMILES string of the molecule is CN(C(=O)OC(C)(C)C)C(C)(C=O)c1cc(F)c(F)c(F)c1. The van der Waals surface area contributed by atoms with E-state index in [-0.39, 0.29) is 5.56 Å². The highest BCUT2D eigenvalue weighted by atomic mass is 19.2. The minimum absolute atomic E-state index is 0.202. The molecule has 7 heteroatoms. The Bertz CT molecular complexity index is 575. The number of likely N-dealkylation sites (N-methyl/N-ethyl adjacent to an activating group) is 1. The molecule has 1 unspecified atom stereocenters. The van der Waals surface area contributed by atoms with Crippen molar-refractivity contribution in [1.29, 1.82) is 0 Å². The van der Waals surface area contributed by atoms with Crippen molar-refractivity contribution in [2.24, 2.45) is 0 Å². The fraction of sp³-hybridized carbons (Fsp3) is 0.467. The van der Waals surface area contributed by atoms with Crippen molar-refractivity contribution >= 4 is 12.4 Å². The lowest BCUT2D eigenvalue weighted by atomic mass is 9.92. The van der Waals surface area contributed by atoms with Crippen LogP contribution in [0.4, 0.5) is 18.0 Å². The van der Waals surface area contributed by atoms with Gasteiger partial charge in [-0.05, 0) is 45.4 Å². The van der Waals surface area contributed by atoms with Crippen molar-refractivity contribution in [3.8, 4) is 0 Å². The number of amides is 1. The van der Waals surface area contributed by atoms with E-state index in [0.717, 1.165) is 4.90 Å². The Labute approximate surface area is 126 Å². The summed E-state index contributed by atoms with van der Waals surface area (Å²) in [6, 6.07) is 1.35. The highest BCUT2D eigenvalue weighted by Crippen LogP contribution is 2.29. The molecule has 0 saturated heterocycles. The Hall–Kier alpha value is -2.05. The molecule has 0 radical (unpaired) electrons. The molecule has 0 aliphatic rings.